The van der Waals surface area contributed by atoms with Gasteiger partial charge in [0.2, 0.25) is 11.8 Å². The van der Waals surface area contributed by atoms with Crippen molar-refractivity contribution in [3.05, 3.63) is 98.6 Å². The van der Waals surface area contributed by atoms with Crippen LogP contribution in [0.5, 0.6) is 5.75 Å². The van der Waals surface area contributed by atoms with Gasteiger partial charge in [0.15, 0.2) is 0 Å². The molecule has 10 nitrogen and oxygen atoms in total. The van der Waals surface area contributed by atoms with Gasteiger partial charge in [-0.15, -0.1) is 0 Å². The van der Waals surface area contributed by atoms with Crippen molar-refractivity contribution in [2.24, 2.45) is 11.8 Å². The number of hydrogen-bond donors (Lipinski definition) is 2. The minimum absolute atomic E-state index is 0.145. The molecule has 3 aromatic carbocycles. The van der Waals surface area contributed by atoms with Crippen LogP contribution in [-0.4, -0.2) is 40.0 Å². The normalized spacial score (nSPS) is 23.5. The lowest BCUT2D eigenvalue weighted by Gasteiger charge is -2.31. The van der Waals surface area contributed by atoms with Gasteiger partial charge in [-0.1, -0.05) is 48.9 Å². The number of non-ortho nitro benzene ring substituents is 1. The van der Waals surface area contributed by atoms with Gasteiger partial charge in [-0.25, -0.2) is 4.90 Å². The number of carboxylic acids is 1. The number of nitro benzene ring substituents is 1. The fraction of sp³-hybridized carbons (Fsp3) is 0.300. The van der Waals surface area contributed by atoms with Gasteiger partial charge in [-0.05, 0) is 54.3 Å². The fourth-order valence-corrected chi connectivity index (χ4v) is 5.92. The van der Waals surface area contributed by atoms with Crippen LogP contribution in [-0.2, 0) is 20.8 Å². The van der Waals surface area contributed by atoms with Crippen molar-refractivity contribution in [1.29, 1.82) is 0 Å². The van der Waals surface area contributed by atoms with Crippen molar-refractivity contribution < 1.29 is 29.2 Å². The number of carbonyl (C=O) groups is 3. The lowest BCUT2D eigenvalue weighted by atomic mass is 9.76. The number of imide groups is 1. The van der Waals surface area contributed by atoms with Crippen molar-refractivity contribution >= 4 is 40.8 Å². The van der Waals surface area contributed by atoms with E-state index in [9.17, 15) is 29.6 Å². The summed E-state index contributed by atoms with van der Waals surface area (Å²) >= 11 is 6.32. The molecule has 2 amide bonds. The highest BCUT2D eigenvalue weighted by Gasteiger charge is 2.68. The number of fused-ring (bicyclic) bond motifs is 1. The molecule has 0 bridgehead atoms. The maximum Gasteiger partial charge on any atom is 0.325 e. The Kier molecular flexibility index (Phi) is 7.54. The van der Waals surface area contributed by atoms with Gasteiger partial charge in [0.1, 0.15) is 11.3 Å². The molecular weight excluding hydrogens is 550 g/mol. The summed E-state index contributed by atoms with van der Waals surface area (Å²) in [7, 11) is 0. The molecule has 3 aromatic rings. The van der Waals surface area contributed by atoms with Crippen LogP contribution in [0.15, 0.2) is 66.7 Å². The number of halogens is 1. The molecule has 2 heterocycles. The second kappa shape index (κ2) is 10.9. The standard InChI is InChI=1S/C30H28ClN3O7/c1-3-14-41-22-12-7-19(8-13-22)26-24-25(28(36)33(27(24)35)21-9-4-17(2)23(31)15-21)30(32-26,29(37)38)16-18-5-10-20(11-6-18)34(39)40/h4-13,15,24-26,32H,3,14,16H2,1-2H3,(H,37,38). The maximum absolute atomic E-state index is 14.0. The number of aliphatic carboxylic acids is 1. The van der Waals surface area contributed by atoms with E-state index >= 15 is 0 Å². The van der Waals surface area contributed by atoms with E-state index < -0.39 is 46.1 Å². The SMILES string of the molecule is CCCOc1ccc(C2NC(Cc3ccc([N+](=O)[O-])cc3)(C(=O)O)C3C(=O)N(c4ccc(C)c(Cl)c4)C(=O)C23)cc1. The zero-order chi connectivity index (χ0) is 29.5. The first-order chi connectivity index (χ1) is 19.6. The van der Waals surface area contributed by atoms with E-state index in [1.54, 1.807) is 43.3 Å². The number of ether oxygens (including phenoxy) is 1. The zero-order valence-electron chi connectivity index (χ0n) is 22.4. The minimum Gasteiger partial charge on any atom is -0.494 e. The number of carboxylic acid groups (broad SMARTS) is 1. The number of nitrogens with one attached hydrogen (secondary N) is 1. The molecule has 2 N–H and O–H groups in total. The summed E-state index contributed by atoms with van der Waals surface area (Å²) in [6.07, 6.45) is 0.645. The van der Waals surface area contributed by atoms with Gasteiger partial charge in [0.05, 0.1) is 29.1 Å². The van der Waals surface area contributed by atoms with Crippen LogP contribution >= 0.6 is 11.6 Å². The third-order valence-corrected chi connectivity index (χ3v) is 8.20. The molecule has 0 spiro atoms. The van der Waals surface area contributed by atoms with Gasteiger partial charge >= 0.3 is 5.97 Å². The Bertz CT molecular complexity index is 1530. The van der Waals surface area contributed by atoms with E-state index in [0.29, 0.717) is 28.5 Å². The van der Waals surface area contributed by atoms with Crippen LogP contribution in [0.2, 0.25) is 5.02 Å². The molecular formula is C30H28ClN3O7. The van der Waals surface area contributed by atoms with E-state index in [4.69, 9.17) is 16.3 Å². The molecule has 5 rings (SSSR count). The fourth-order valence-electron chi connectivity index (χ4n) is 5.75. The summed E-state index contributed by atoms with van der Waals surface area (Å²) in [6, 6.07) is 16.5. The number of aryl methyl sites for hydroxylation is 1. The zero-order valence-corrected chi connectivity index (χ0v) is 23.1. The summed E-state index contributed by atoms with van der Waals surface area (Å²) in [5, 5.41) is 25.3. The van der Waals surface area contributed by atoms with E-state index in [1.807, 2.05) is 6.92 Å². The van der Waals surface area contributed by atoms with Crippen molar-refractivity contribution in [2.45, 2.75) is 38.3 Å². The van der Waals surface area contributed by atoms with Crippen LogP contribution in [0.4, 0.5) is 11.4 Å². The van der Waals surface area contributed by atoms with Crippen molar-refractivity contribution in [1.82, 2.24) is 5.32 Å². The Hall–Kier alpha value is -4.28. The average molecular weight is 578 g/mol. The Morgan fingerprint density at radius 3 is 2.37 bits per heavy atom. The van der Waals surface area contributed by atoms with Crippen LogP contribution < -0.4 is 15.0 Å². The Morgan fingerprint density at radius 1 is 1.10 bits per heavy atom. The maximum atomic E-state index is 14.0. The smallest absolute Gasteiger partial charge is 0.325 e. The summed E-state index contributed by atoms with van der Waals surface area (Å²) < 4.78 is 5.67. The molecule has 4 unspecified atom stereocenters. The number of rotatable bonds is 9. The van der Waals surface area contributed by atoms with Gasteiger partial charge in [-0.2, -0.15) is 0 Å². The Morgan fingerprint density at radius 2 is 1.78 bits per heavy atom. The third-order valence-electron chi connectivity index (χ3n) is 7.79. The summed E-state index contributed by atoms with van der Waals surface area (Å²) in [4.78, 5) is 52.8. The van der Waals surface area contributed by atoms with Crippen LogP contribution in [0.25, 0.3) is 0 Å². The number of hydrogen-bond acceptors (Lipinski definition) is 7. The molecule has 212 valence electrons. The highest BCUT2D eigenvalue weighted by Crippen LogP contribution is 2.51. The summed E-state index contributed by atoms with van der Waals surface area (Å²) in [6.45, 7) is 4.31. The van der Waals surface area contributed by atoms with Crippen LogP contribution in [0, 0.1) is 28.9 Å². The van der Waals surface area contributed by atoms with Crippen molar-refractivity contribution in [3.63, 3.8) is 0 Å². The lowest BCUT2D eigenvalue weighted by Crippen LogP contribution is -2.57. The second-order valence-corrected chi connectivity index (χ2v) is 10.8. The van der Waals surface area contributed by atoms with Gasteiger partial charge in [0.25, 0.3) is 5.69 Å². The number of nitro groups is 1. The molecule has 0 aromatic heterocycles. The number of anilines is 1. The molecule has 0 aliphatic carbocycles. The molecule has 0 saturated carbocycles. The Balaban J connectivity index is 1.60. The molecule has 2 saturated heterocycles. The predicted molar refractivity (Wildman–Crippen MR) is 151 cm³/mol. The third kappa shape index (κ3) is 4.93. The average Bonchev–Trinajstić information content (AvgIpc) is 3.43. The monoisotopic (exact) mass is 577 g/mol. The number of benzene rings is 3. The lowest BCUT2D eigenvalue weighted by molar-refractivity contribution is -0.384. The van der Waals surface area contributed by atoms with E-state index in [2.05, 4.69) is 5.32 Å². The number of nitrogens with zero attached hydrogens (tertiary/aromatic N) is 2. The second-order valence-electron chi connectivity index (χ2n) is 10.4. The first-order valence-electron chi connectivity index (χ1n) is 13.2. The quantitative estimate of drug-likeness (QED) is 0.209. The topological polar surface area (TPSA) is 139 Å². The van der Waals surface area contributed by atoms with E-state index in [1.165, 1.54) is 30.3 Å². The van der Waals surface area contributed by atoms with E-state index in [-0.39, 0.29) is 17.8 Å². The van der Waals surface area contributed by atoms with Crippen molar-refractivity contribution in [2.75, 3.05) is 11.5 Å². The first-order valence-corrected chi connectivity index (χ1v) is 13.6. The predicted octanol–water partition coefficient (Wildman–Crippen LogP) is 4.86. The van der Waals surface area contributed by atoms with Crippen molar-refractivity contribution in [3.8, 4) is 5.75 Å². The number of carbonyl (C=O) groups excluding carboxylic acids is 2. The summed E-state index contributed by atoms with van der Waals surface area (Å²) in [5.41, 5.74) is 0.0946. The Labute approximate surface area is 241 Å². The molecule has 4 atom stereocenters. The van der Waals surface area contributed by atoms with Gasteiger partial charge in [-0.3, -0.25) is 29.8 Å². The first kappa shape index (κ1) is 28.3. The van der Waals surface area contributed by atoms with Crippen LogP contribution in [0.1, 0.15) is 36.1 Å². The van der Waals surface area contributed by atoms with Crippen LogP contribution in [0.3, 0.4) is 0 Å². The van der Waals surface area contributed by atoms with E-state index in [0.717, 1.165) is 16.9 Å². The highest BCUT2D eigenvalue weighted by atomic mass is 35.5. The molecule has 41 heavy (non-hydrogen) atoms. The largest absolute Gasteiger partial charge is 0.494 e. The summed E-state index contributed by atoms with van der Waals surface area (Å²) in [5.74, 6) is -4.15. The number of amides is 2. The highest BCUT2D eigenvalue weighted by molar-refractivity contribution is 6.32. The molecule has 2 aliphatic heterocycles. The minimum atomic E-state index is -1.88. The molecule has 0 radical (unpaired) electrons. The molecule has 2 aliphatic rings. The van der Waals surface area contributed by atoms with Gasteiger partial charge < -0.3 is 9.84 Å². The molecule has 11 heteroatoms. The molecule has 2 fully saturated rings. The van der Waals surface area contributed by atoms with Gasteiger partial charge in [0, 0.05) is 29.6 Å².